The number of hydrogen-bond donors (Lipinski definition) is 2. The van der Waals surface area contributed by atoms with Crippen molar-refractivity contribution in [2.75, 3.05) is 11.9 Å². The van der Waals surface area contributed by atoms with E-state index in [1.165, 1.54) is 11.1 Å². The van der Waals surface area contributed by atoms with Crippen LogP contribution in [0.25, 0.3) is 0 Å². The minimum atomic E-state index is 0.131. The molecule has 0 saturated heterocycles. The molecule has 3 rings (SSSR count). The molecule has 28 heavy (non-hydrogen) atoms. The van der Waals surface area contributed by atoms with Gasteiger partial charge in [-0.05, 0) is 67.0 Å². The molecule has 3 atom stereocenters. The number of nitrogens with zero attached hydrogens (tertiary/aromatic N) is 1. The van der Waals surface area contributed by atoms with Gasteiger partial charge in [-0.1, -0.05) is 61.9 Å². The van der Waals surface area contributed by atoms with Gasteiger partial charge < -0.3 is 10.6 Å². The van der Waals surface area contributed by atoms with E-state index in [4.69, 9.17) is 11.6 Å². The molecule has 2 N–H and O–H groups in total. The lowest BCUT2D eigenvalue weighted by Crippen LogP contribution is -2.19. The molecule has 148 valence electrons. The highest BCUT2D eigenvalue weighted by Crippen LogP contribution is 2.22. The van der Waals surface area contributed by atoms with Gasteiger partial charge >= 0.3 is 0 Å². The summed E-state index contributed by atoms with van der Waals surface area (Å²) in [6.45, 7) is 7.43. The van der Waals surface area contributed by atoms with Crippen molar-refractivity contribution in [3.05, 3.63) is 77.7 Å². The Balaban J connectivity index is 1.64. The number of allylic oxidation sites excluding steroid dienone is 5. The van der Waals surface area contributed by atoms with Gasteiger partial charge in [0, 0.05) is 12.2 Å². The van der Waals surface area contributed by atoms with E-state index in [0.717, 1.165) is 30.9 Å². The van der Waals surface area contributed by atoms with Crippen molar-refractivity contribution in [3.8, 4) is 0 Å². The molecule has 4 heteroatoms. The third kappa shape index (κ3) is 6.13. The molecule has 1 aromatic rings. The van der Waals surface area contributed by atoms with Gasteiger partial charge in [-0.3, -0.25) is 0 Å². The summed E-state index contributed by atoms with van der Waals surface area (Å²) < 4.78 is 0. The van der Waals surface area contributed by atoms with E-state index in [9.17, 15) is 0 Å². The second kappa shape index (κ2) is 9.79. The van der Waals surface area contributed by atoms with Crippen LogP contribution in [0.4, 0.5) is 5.69 Å². The highest BCUT2D eigenvalue weighted by molar-refractivity contribution is 6.68. The maximum Gasteiger partial charge on any atom is 0.131 e. The fourth-order valence-corrected chi connectivity index (χ4v) is 3.50. The summed E-state index contributed by atoms with van der Waals surface area (Å²) in [5, 5.41) is 7.56. The van der Waals surface area contributed by atoms with Gasteiger partial charge in [-0.15, -0.1) is 0 Å². The van der Waals surface area contributed by atoms with E-state index < -0.39 is 0 Å². The van der Waals surface area contributed by atoms with E-state index in [1.54, 1.807) is 0 Å². The van der Waals surface area contributed by atoms with Gasteiger partial charge in [0.05, 0.1) is 6.04 Å². The molecule has 0 fully saturated rings. The number of halogens is 1. The average Bonchev–Trinajstić information content (AvgIpc) is 2.66. The Bertz CT molecular complexity index is 832. The quantitative estimate of drug-likeness (QED) is 0.589. The monoisotopic (exact) mass is 395 g/mol. The van der Waals surface area contributed by atoms with E-state index in [0.29, 0.717) is 17.0 Å². The zero-order valence-electron chi connectivity index (χ0n) is 17.0. The normalized spacial score (nSPS) is 27.9. The minimum absolute atomic E-state index is 0.131. The molecule has 0 saturated carbocycles. The largest absolute Gasteiger partial charge is 0.381 e. The average molecular weight is 396 g/mol. The van der Waals surface area contributed by atoms with Crippen LogP contribution in [-0.2, 0) is 0 Å². The Morgan fingerprint density at radius 3 is 2.82 bits per heavy atom. The van der Waals surface area contributed by atoms with E-state index >= 15 is 0 Å². The Morgan fingerprint density at radius 2 is 2.04 bits per heavy atom. The van der Waals surface area contributed by atoms with Crippen molar-refractivity contribution < 1.29 is 0 Å². The molecule has 0 amide bonds. The topological polar surface area (TPSA) is 36.4 Å². The van der Waals surface area contributed by atoms with Crippen LogP contribution in [0, 0.1) is 11.8 Å². The molecule has 3 nitrogen and oxygen atoms in total. The Morgan fingerprint density at radius 1 is 1.18 bits per heavy atom. The maximum atomic E-state index is 6.18. The number of benzene rings is 1. The third-order valence-corrected chi connectivity index (χ3v) is 5.28. The summed E-state index contributed by atoms with van der Waals surface area (Å²) in [5.41, 5.74) is 3.69. The SMILES string of the molecule is CC1C=CC(CNc2cccc([C@H](C)NC3=C/C(C)C/C=C/C(Cl)=N\3)c2)=CC1. The summed E-state index contributed by atoms with van der Waals surface area (Å²) in [4.78, 5) is 4.49. The molecule has 1 aromatic carbocycles. The summed E-state index contributed by atoms with van der Waals surface area (Å²) >= 11 is 6.18. The lowest BCUT2D eigenvalue weighted by Gasteiger charge is -2.19. The van der Waals surface area contributed by atoms with E-state index in [-0.39, 0.29) is 6.04 Å². The van der Waals surface area contributed by atoms with Crippen LogP contribution in [0.2, 0.25) is 0 Å². The number of hydrogen-bond acceptors (Lipinski definition) is 3. The van der Waals surface area contributed by atoms with Gasteiger partial charge in [0.15, 0.2) is 0 Å². The van der Waals surface area contributed by atoms with Crippen molar-refractivity contribution in [2.24, 2.45) is 16.8 Å². The van der Waals surface area contributed by atoms with Crippen molar-refractivity contribution in [1.29, 1.82) is 0 Å². The second-order valence-electron chi connectivity index (χ2n) is 7.80. The van der Waals surface area contributed by atoms with Crippen LogP contribution in [0.5, 0.6) is 0 Å². The third-order valence-electron chi connectivity index (χ3n) is 5.07. The first-order valence-corrected chi connectivity index (χ1v) is 10.5. The van der Waals surface area contributed by atoms with Crippen molar-refractivity contribution in [2.45, 2.75) is 39.7 Å². The molecule has 1 heterocycles. The minimum Gasteiger partial charge on any atom is -0.381 e. The molecule has 1 aliphatic carbocycles. The predicted molar refractivity (Wildman–Crippen MR) is 122 cm³/mol. The Labute approximate surface area is 174 Å². The summed E-state index contributed by atoms with van der Waals surface area (Å²) in [6, 6.07) is 8.68. The smallest absolute Gasteiger partial charge is 0.131 e. The van der Waals surface area contributed by atoms with Gasteiger partial charge in [0.1, 0.15) is 11.0 Å². The summed E-state index contributed by atoms with van der Waals surface area (Å²) in [5.74, 6) is 1.90. The first-order valence-electron chi connectivity index (χ1n) is 10.1. The van der Waals surface area contributed by atoms with Gasteiger partial charge in [-0.2, -0.15) is 0 Å². The molecule has 2 aliphatic rings. The first kappa shape index (κ1) is 20.5. The molecule has 0 aromatic heterocycles. The maximum absolute atomic E-state index is 6.18. The fraction of sp³-hybridized carbons (Fsp3) is 0.375. The van der Waals surface area contributed by atoms with Crippen LogP contribution in [-0.4, -0.2) is 11.7 Å². The van der Waals surface area contributed by atoms with Crippen LogP contribution in [0.1, 0.15) is 45.2 Å². The lowest BCUT2D eigenvalue weighted by atomic mass is 9.98. The predicted octanol–water partition coefficient (Wildman–Crippen LogP) is 6.35. The first-order chi connectivity index (χ1) is 13.5. The highest BCUT2D eigenvalue weighted by atomic mass is 35.5. The lowest BCUT2D eigenvalue weighted by molar-refractivity contribution is 0.630. The Hall–Kier alpha value is -2.26. The van der Waals surface area contributed by atoms with Gasteiger partial charge in [-0.25, -0.2) is 4.99 Å². The second-order valence-corrected chi connectivity index (χ2v) is 8.19. The number of rotatable bonds is 6. The van der Waals surface area contributed by atoms with E-state index in [2.05, 4.69) is 91.0 Å². The van der Waals surface area contributed by atoms with Crippen LogP contribution in [0.15, 0.2) is 77.1 Å². The zero-order valence-corrected chi connectivity index (χ0v) is 17.7. The Kier molecular flexibility index (Phi) is 7.16. The molecular formula is C24H30ClN3. The highest BCUT2D eigenvalue weighted by Gasteiger charge is 2.11. The molecular weight excluding hydrogens is 366 g/mol. The van der Waals surface area contributed by atoms with Crippen LogP contribution >= 0.6 is 11.6 Å². The van der Waals surface area contributed by atoms with Crippen LogP contribution < -0.4 is 10.6 Å². The summed E-state index contributed by atoms with van der Waals surface area (Å²) in [7, 11) is 0. The fourth-order valence-electron chi connectivity index (χ4n) is 3.32. The molecule has 0 spiro atoms. The number of anilines is 1. The van der Waals surface area contributed by atoms with Gasteiger partial charge in [0.25, 0.3) is 0 Å². The van der Waals surface area contributed by atoms with Crippen molar-refractivity contribution in [1.82, 2.24) is 5.32 Å². The van der Waals surface area contributed by atoms with Crippen LogP contribution in [0.3, 0.4) is 0 Å². The standard InChI is InChI=1S/C24H30ClN3/c1-17-10-12-20(13-11-17)16-26-22-8-5-7-21(15-22)19(3)27-24-14-18(2)6-4-9-23(25)28-24/h4-5,7-10,12-15,17-19,26-27H,6,11,16H2,1-3H3/b9-4+,24-14-,28-23+/t17?,18?,19-/m0/s1. The molecule has 2 unspecified atom stereocenters. The number of aliphatic imine (C=N–C) groups is 1. The van der Waals surface area contributed by atoms with Gasteiger partial charge in [0.2, 0.25) is 0 Å². The molecule has 0 bridgehead atoms. The molecule has 1 aliphatic heterocycles. The number of nitrogens with one attached hydrogen (secondary N) is 2. The summed E-state index contributed by atoms with van der Waals surface area (Å²) in [6.07, 6.45) is 15.0. The van der Waals surface area contributed by atoms with Crippen molar-refractivity contribution >= 4 is 22.5 Å². The zero-order chi connectivity index (χ0) is 19.9. The van der Waals surface area contributed by atoms with E-state index in [1.807, 2.05) is 6.08 Å². The van der Waals surface area contributed by atoms with Crippen molar-refractivity contribution in [3.63, 3.8) is 0 Å². The molecule has 0 radical (unpaired) electrons.